The highest BCUT2D eigenvalue weighted by Crippen LogP contribution is 2.32. The number of hydrogen-bond acceptors (Lipinski definition) is 4. The average molecular weight is 368 g/mol. The van der Waals surface area contributed by atoms with Gasteiger partial charge < -0.3 is 5.32 Å². The van der Waals surface area contributed by atoms with Gasteiger partial charge in [-0.05, 0) is 23.8 Å². The van der Waals surface area contributed by atoms with Crippen LogP contribution in [0.4, 0.5) is 5.69 Å². The van der Waals surface area contributed by atoms with Gasteiger partial charge in [-0.15, -0.1) is 0 Å². The van der Waals surface area contributed by atoms with E-state index in [-0.39, 0.29) is 24.8 Å². The van der Waals surface area contributed by atoms with Crippen molar-refractivity contribution in [1.29, 1.82) is 0 Å². The average Bonchev–Trinajstić information content (AvgIpc) is 2.88. The highest BCUT2D eigenvalue weighted by Gasteiger charge is 2.31. The van der Waals surface area contributed by atoms with Crippen molar-refractivity contribution in [1.82, 2.24) is 4.90 Å². The molecule has 0 atom stereocenters. The lowest BCUT2D eigenvalue weighted by Gasteiger charge is -2.14. The maximum atomic E-state index is 12.5. The van der Waals surface area contributed by atoms with E-state index in [2.05, 4.69) is 5.32 Å². The number of hydrogen-bond donors (Lipinski definition) is 1. The molecule has 0 bridgehead atoms. The molecule has 25 heavy (non-hydrogen) atoms. The summed E-state index contributed by atoms with van der Waals surface area (Å²) in [5, 5.41) is 2.80. The van der Waals surface area contributed by atoms with Crippen LogP contribution in [0.25, 0.3) is 6.08 Å². The number of rotatable bonds is 5. The Kier molecular flexibility index (Phi) is 5.63. The summed E-state index contributed by atoms with van der Waals surface area (Å²) in [6.45, 7) is 0.273. The quantitative estimate of drug-likeness (QED) is 0.642. The zero-order valence-corrected chi connectivity index (χ0v) is 15.0. The second-order valence-electron chi connectivity index (χ2n) is 5.41. The second kappa shape index (κ2) is 8.09. The fourth-order valence-corrected chi connectivity index (χ4v) is 3.66. The normalized spacial score (nSPS) is 15.7. The zero-order chi connectivity index (χ0) is 17.6. The summed E-state index contributed by atoms with van der Waals surface area (Å²) in [4.78, 5) is 26.6. The predicted molar refractivity (Wildman–Crippen MR) is 106 cm³/mol. The van der Waals surface area contributed by atoms with Crippen molar-refractivity contribution in [2.75, 3.05) is 11.9 Å². The lowest BCUT2D eigenvalue weighted by molar-refractivity contribution is -0.122. The van der Waals surface area contributed by atoms with Crippen molar-refractivity contribution < 1.29 is 9.59 Å². The number of nitrogens with one attached hydrogen (secondary N) is 1. The van der Waals surface area contributed by atoms with E-state index in [1.165, 1.54) is 16.7 Å². The number of thioether (sulfide) groups is 1. The Morgan fingerprint density at radius 1 is 1.08 bits per heavy atom. The van der Waals surface area contributed by atoms with Gasteiger partial charge in [0.15, 0.2) is 0 Å². The van der Waals surface area contributed by atoms with Crippen LogP contribution in [0.1, 0.15) is 12.0 Å². The first-order valence-corrected chi connectivity index (χ1v) is 9.01. The summed E-state index contributed by atoms with van der Waals surface area (Å²) in [6.07, 6.45) is 2.02. The van der Waals surface area contributed by atoms with Gasteiger partial charge in [0.2, 0.25) is 5.91 Å². The van der Waals surface area contributed by atoms with Crippen LogP contribution in [0, 0.1) is 0 Å². The van der Waals surface area contributed by atoms with Gasteiger partial charge in [0.05, 0.1) is 4.91 Å². The van der Waals surface area contributed by atoms with Crippen LogP contribution < -0.4 is 5.32 Å². The Bertz CT molecular complexity index is 820. The number of amides is 2. The third kappa shape index (κ3) is 4.55. The number of benzene rings is 2. The molecule has 1 aliphatic rings. The molecular formula is C19H16N2O2S2. The Hall–Kier alpha value is -2.44. The Morgan fingerprint density at radius 3 is 2.40 bits per heavy atom. The maximum Gasteiger partial charge on any atom is 0.266 e. The van der Waals surface area contributed by atoms with Gasteiger partial charge in [-0.3, -0.25) is 14.5 Å². The monoisotopic (exact) mass is 368 g/mol. The molecule has 126 valence electrons. The predicted octanol–water partition coefficient (Wildman–Crippen LogP) is 3.92. The molecule has 0 spiro atoms. The maximum absolute atomic E-state index is 12.5. The van der Waals surface area contributed by atoms with E-state index in [9.17, 15) is 9.59 Å². The Morgan fingerprint density at radius 2 is 1.72 bits per heavy atom. The molecule has 0 radical (unpaired) electrons. The second-order valence-corrected chi connectivity index (χ2v) is 7.08. The highest BCUT2D eigenvalue weighted by molar-refractivity contribution is 8.26. The molecule has 0 aliphatic carbocycles. The number of anilines is 1. The van der Waals surface area contributed by atoms with Crippen LogP contribution in [0.2, 0.25) is 0 Å². The highest BCUT2D eigenvalue weighted by atomic mass is 32.2. The van der Waals surface area contributed by atoms with E-state index in [0.29, 0.717) is 9.23 Å². The number of nitrogens with zero attached hydrogens (tertiary/aromatic N) is 1. The number of carbonyl (C=O) groups excluding carboxylic acids is 2. The third-order valence-corrected chi connectivity index (χ3v) is 4.97. The molecule has 0 aromatic heterocycles. The van der Waals surface area contributed by atoms with E-state index >= 15 is 0 Å². The minimum absolute atomic E-state index is 0.146. The molecule has 1 fully saturated rings. The van der Waals surface area contributed by atoms with Crippen LogP contribution in [-0.4, -0.2) is 27.6 Å². The van der Waals surface area contributed by atoms with Gasteiger partial charge in [0, 0.05) is 18.7 Å². The first-order valence-electron chi connectivity index (χ1n) is 7.79. The summed E-state index contributed by atoms with van der Waals surface area (Å²) in [6, 6.07) is 18.8. The lowest BCUT2D eigenvalue weighted by atomic mass is 10.2. The fraction of sp³-hybridized carbons (Fsp3) is 0.105. The molecule has 6 heteroatoms. The lowest BCUT2D eigenvalue weighted by Crippen LogP contribution is -2.31. The molecule has 2 amide bonds. The third-order valence-electron chi connectivity index (χ3n) is 3.59. The van der Waals surface area contributed by atoms with E-state index in [1.807, 2.05) is 66.7 Å². The molecule has 3 rings (SSSR count). The summed E-state index contributed by atoms with van der Waals surface area (Å²) < 4.78 is 0.486. The van der Waals surface area contributed by atoms with Crippen LogP contribution >= 0.6 is 24.0 Å². The molecule has 2 aromatic rings. The van der Waals surface area contributed by atoms with E-state index in [0.717, 1.165) is 11.3 Å². The largest absolute Gasteiger partial charge is 0.326 e. The first-order chi connectivity index (χ1) is 12.1. The molecule has 0 unspecified atom stereocenters. The molecule has 2 aromatic carbocycles. The summed E-state index contributed by atoms with van der Waals surface area (Å²) in [7, 11) is 0. The Labute approximate surface area is 155 Å². The van der Waals surface area contributed by atoms with Gasteiger partial charge in [-0.2, -0.15) is 0 Å². The van der Waals surface area contributed by atoms with Crippen molar-refractivity contribution >= 4 is 51.9 Å². The molecule has 0 saturated carbocycles. The van der Waals surface area contributed by atoms with Crippen molar-refractivity contribution in [3.63, 3.8) is 0 Å². The molecule has 1 aliphatic heterocycles. The molecular weight excluding hydrogens is 352 g/mol. The van der Waals surface area contributed by atoms with Gasteiger partial charge in [0.25, 0.3) is 5.91 Å². The van der Waals surface area contributed by atoms with Gasteiger partial charge in [-0.25, -0.2) is 0 Å². The van der Waals surface area contributed by atoms with Crippen molar-refractivity contribution in [3.05, 3.63) is 71.1 Å². The van der Waals surface area contributed by atoms with Crippen LogP contribution in [0.3, 0.4) is 0 Å². The fourth-order valence-electron chi connectivity index (χ4n) is 2.35. The standard InChI is InChI=1S/C19H16N2O2S2/c22-17(20-15-9-5-2-6-10-15)11-12-21-18(23)16(25-19(21)24)13-14-7-3-1-4-8-14/h1-10,13H,11-12H2,(H,20,22)/b16-13+. The minimum Gasteiger partial charge on any atom is -0.326 e. The van der Waals surface area contributed by atoms with Crippen molar-refractivity contribution in [3.8, 4) is 0 Å². The molecule has 1 saturated heterocycles. The molecule has 1 heterocycles. The number of carbonyl (C=O) groups is 2. The first kappa shape index (κ1) is 17.4. The van der Waals surface area contributed by atoms with Gasteiger partial charge in [-0.1, -0.05) is 72.5 Å². The molecule has 4 nitrogen and oxygen atoms in total. The van der Waals surface area contributed by atoms with Crippen LogP contribution in [0.15, 0.2) is 65.6 Å². The smallest absolute Gasteiger partial charge is 0.266 e. The SMILES string of the molecule is O=C(CCN1C(=O)/C(=C\c2ccccc2)SC1=S)Nc1ccccc1. The van der Waals surface area contributed by atoms with Gasteiger partial charge in [0.1, 0.15) is 4.32 Å². The summed E-state index contributed by atoms with van der Waals surface area (Å²) in [5.74, 6) is -0.293. The minimum atomic E-state index is -0.147. The van der Waals surface area contributed by atoms with Gasteiger partial charge >= 0.3 is 0 Å². The van der Waals surface area contributed by atoms with E-state index in [1.54, 1.807) is 0 Å². The topological polar surface area (TPSA) is 49.4 Å². The summed E-state index contributed by atoms with van der Waals surface area (Å²) in [5.41, 5.74) is 1.69. The Balaban J connectivity index is 1.59. The van der Waals surface area contributed by atoms with Crippen LogP contribution in [0.5, 0.6) is 0 Å². The van der Waals surface area contributed by atoms with Crippen molar-refractivity contribution in [2.45, 2.75) is 6.42 Å². The molecule has 1 N–H and O–H groups in total. The zero-order valence-electron chi connectivity index (χ0n) is 13.3. The number of para-hydroxylation sites is 1. The number of thiocarbonyl (C=S) groups is 1. The summed E-state index contributed by atoms with van der Waals surface area (Å²) >= 11 is 6.56. The van der Waals surface area contributed by atoms with Crippen LogP contribution in [-0.2, 0) is 9.59 Å². The van der Waals surface area contributed by atoms with E-state index in [4.69, 9.17) is 12.2 Å². The van der Waals surface area contributed by atoms with E-state index < -0.39 is 0 Å². The van der Waals surface area contributed by atoms with Crippen molar-refractivity contribution in [2.24, 2.45) is 0 Å².